The van der Waals surface area contributed by atoms with E-state index in [2.05, 4.69) is 6.58 Å². The van der Waals surface area contributed by atoms with Crippen molar-refractivity contribution in [3.05, 3.63) is 83.9 Å². The summed E-state index contributed by atoms with van der Waals surface area (Å²) in [6.45, 7) is 4.18. The molecular formula is C25H30O3. The molecule has 0 heterocycles. The van der Waals surface area contributed by atoms with Gasteiger partial charge in [-0.25, -0.2) is 4.79 Å². The second-order valence-electron chi connectivity index (χ2n) is 6.96. The molecule has 0 bridgehead atoms. The fraction of sp³-hybridized carbons (Fsp3) is 0.360. The number of benzene rings is 2. The largest absolute Gasteiger partial charge is 0.462 e. The Balaban J connectivity index is 1.65. The number of carbonyl (C=O) groups excluding carboxylic acids is 2. The van der Waals surface area contributed by atoms with Crippen LogP contribution in [0.5, 0.6) is 0 Å². The second kappa shape index (κ2) is 12.7. The number of unbranched alkanes of at least 4 members (excludes halogenated alkanes) is 7. The fourth-order valence-electron chi connectivity index (χ4n) is 3.04. The predicted octanol–water partition coefficient (Wildman–Crippen LogP) is 6.38. The first-order valence-electron chi connectivity index (χ1n) is 10.2. The van der Waals surface area contributed by atoms with E-state index in [9.17, 15) is 9.59 Å². The zero-order valence-electron chi connectivity index (χ0n) is 16.6. The summed E-state index contributed by atoms with van der Waals surface area (Å²) in [4.78, 5) is 24.5. The highest BCUT2D eigenvalue weighted by atomic mass is 16.5. The van der Waals surface area contributed by atoms with Crippen LogP contribution >= 0.6 is 0 Å². The van der Waals surface area contributed by atoms with Gasteiger partial charge < -0.3 is 4.74 Å². The molecule has 2 aromatic carbocycles. The summed E-state index contributed by atoms with van der Waals surface area (Å²) < 4.78 is 5.34. The summed E-state index contributed by atoms with van der Waals surface area (Å²) >= 11 is 0. The van der Waals surface area contributed by atoms with Gasteiger partial charge in [0.2, 0.25) is 0 Å². The molecule has 0 unspecified atom stereocenters. The summed E-state index contributed by atoms with van der Waals surface area (Å²) in [5.41, 5.74) is 1.68. The van der Waals surface area contributed by atoms with Crippen molar-refractivity contribution in [2.75, 3.05) is 6.61 Å². The van der Waals surface area contributed by atoms with E-state index in [1.54, 1.807) is 36.4 Å². The minimum absolute atomic E-state index is 0.0509. The van der Waals surface area contributed by atoms with Crippen LogP contribution in [0.2, 0.25) is 0 Å². The first-order valence-corrected chi connectivity index (χ1v) is 10.2. The molecule has 0 saturated carbocycles. The number of esters is 1. The number of rotatable bonds is 13. The smallest absolute Gasteiger partial charge is 0.338 e. The van der Waals surface area contributed by atoms with Crippen LogP contribution < -0.4 is 0 Å². The zero-order chi connectivity index (χ0) is 20.0. The van der Waals surface area contributed by atoms with Gasteiger partial charge in [-0.2, -0.15) is 0 Å². The Morgan fingerprint density at radius 1 is 0.714 bits per heavy atom. The summed E-state index contributed by atoms with van der Waals surface area (Å²) in [5.74, 6) is -0.381. The highest BCUT2D eigenvalue weighted by molar-refractivity contribution is 6.09. The quantitative estimate of drug-likeness (QED) is 0.176. The Morgan fingerprint density at radius 2 is 1.25 bits per heavy atom. The van der Waals surface area contributed by atoms with Gasteiger partial charge in [0.25, 0.3) is 0 Å². The normalized spacial score (nSPS) is 10.4. The van der Waals surface area contributed by atoms with Crippen LogP contribution in [0.1, 0.15) is 77.6 Å². The van der Waals surface area contributed by atoms with Crippen molar-refractivity contribution in [2.24, 2.45) is 0 Å². The number of ether oxygens (including phenoxy) is 1. The third-order valence-electron chi connectivity index (χ3n) is 4.70. The lowest BCUT2D eigenvalue weighted by Gasteiger charge is -2.06. The summed E-state index contributed by atoms with van der Waals surface area (Å²) in [6, 6.07) is 15.8. The summed E-state index contributed by atoms with van der Waals surface area (Å²) in [6.07, 6.45) is 11.2. The molecule has 3 nitrogen and oxygen atoms in total. The average molecular weight is 379 g/mol. The Labute approximate surface area is 168 Å². The van der Waals surface area contributed by atoms with Gasteiger partial charge in [-0.05, 0) is 31.4 Å². The molecule has 148 valence electrons. The van der Waals surface area contributed by atoms with Gasteiger partial charge in [-0.15, -0.1) is 6.58 Å². The Hall–Kier alpha value is -2.68. The lowest BCUT2D eigenvalue weighted by molar-refractivity contribution is 0.0497. The van der Waals surface area contributed by atoms with Crippen molar-refractivity contribution in [1.82, 2.24) is 0 Å². The number of hydrogen-bond donors (Lipinski definition) is 0. The molecule has 0 aromatic heterocycles. The molecule has 2 aromatic rings. The van der Waals surface area contributed by atoms with E-state index in [-0.39, 0.29) is 11.8 Å². The van der Waals surface area contributed by atoms with Gasteiger partial charge in [-0.1, -0.05) is 80.6 Å². The topological polar surface area (TPSA) is 43.4 Å². The summed E-state index contributed by atoms with van der Waals surface area (Å²) in [5, 5.41) is 0. The van der Waals surface area contributed by atoms with Crippen molar-refractivity contribution in [1.29, 1.82) is 0 Å². The van der Waals surface area contributed by atoms with Crippen LogP contribution in [0.4, 0.5) is 0 Å². The third kappa shape index (κ3) is 7.51. The van der Waals surface area contributed by atoms with E-state index in [1.807, 2.05) is 24.3 Å². The van der Waals surface area contributed by atoms with Crippen LogP contribution in [0.25, 0.3) is 0 Å². The lowest BCUT2D eigenvalue weighted by Crippen LogP contribution is -2.07. The maximum Gasteiger partial charge on any atom is 0.338 e. The third-order valence-corrected chi connectivity index (χ3v) is 4.70. The molecule has 0 saturated heterocycles. The Morgan fingerprint density at radius 3 is 1.89 bits per heavy atom. The molecule has 0 amide bonds. The number of allylic oxidation sites excluding steroid dienone is 1. The molecule has 0 N–H and O–H groups in total. The first kappa shape index (κ1) is 21.6. The Bertz CT molecular complexity index is 732. The van der Waals surface area contributed by atoms with Gasteiger partial charge in [0.05, 0.1) is 12.2 Å². The molecule has 3 heteroatoms. The van der Waals surface area contributed by atoms with E-state index in [0.29, 0.717) is 23.3 Å². The molecule has 0 aliphatic carbocycles. The van der Waals surface area contributed by atoms with E-state index >= 15 is 0 Å². The molecule has 0 atom stereocenters. The molecule has 2 rings (SSSR count). The molecule has 0 radical (unpaired) electrons. The van der Waals surface area contributed by atoms with E-state index in [1.165, 1.54) is 32.1 Å². The summed E-state index contributed by atoms with van der Waals surface area (Å²) in [7, 11) is 0. The minimum atomic E-state index is -0.330. The molecule has 0 spiro atoms. The SMILES string of the molecule is C=CCCCCCCCCCOC(=O)c1ccc(C(=O)c2ccccc2)cc1. The number of hydrogen-bond acceptors (Lipinski definition) is 3. The predicted molar refractivity (Wildman–Crippen MR) is 114 cm³/mol. The number of ketones is 1. The van der Waals surface area contributed by atoms with Crippen molar-refractivity contribution in [2.45, 2.75) is 51.4 Å². The number of carbonyl (C=O) groups is 2. The van der Waals surface area contributed by atoms with Gasteiger partial charge in [-0.3, -0.25) is 4.79 Å². The molecular weight excluding hydrogens is 348 g/mol. The van der Waals surface area contributed by atoms with Crippen LogP contribution in [0.3, 0.4) is 0 Å². The monoisotopic (exact) mass is 378 g/mol. The molecule has 0 aliphatic rings. The van der Waals surface area contributed by atoms with Gasteiger partial charge in [0, 0.05) is 11.1 Å². The molecule has 0 fully saturated rings. The fourth-order valence-corrected chi connectivity index (χ4v) is 3.04. The van der Waals surface area contributed by atoms with Gasteiger partial charge in [0.15, 0.2) is 5.78 Å². The average Bonchev–Trinajstić information content (AvgIpc) is 2.75. The van der Waals surface area contributed by atoms with Gasteiger partial charge in [0.1, 0.15) is 0 Å². The van der Waals surface area contributed by atoms with Crippen molar-refractivity contribution < 1.29 is 14.3 Å². The lowest BCUT2D eigenvalue weighted by atomic mass is 10.0. The maximum atomic E-state index is 12.4. The van der Waals surface area contributed by atoms with Crippen LogP contribution in [-0.4, -0.2) is 18.4 Å². The van der Waals surface area contributed by atoms with Crippen LogP contribution in [0, 0.1) is 0 Å². The molecule has 28 heavy (non-hydrogen) atoms. The van der Waals surface area contributed by atoms with Crippen molar-refractivity contribution in [3.8, 4) is 0 Å². The van der Waals surface area contributed by atoms with Crippen LogP contribution in [-0.2, 0) is 4.74 Å². The standard InChI is InChI=1S/C25H30O3/c1-2-3-4-5-6-7-8-9-13-20-28-25(27)23-18-16-22(17-19-23)24(26)21-14-11-10-12-15-21/h2,10-12,14-19H,1,3-9,13,20H2. The van der Waals surface area contributed by atoms with E-state index in [0.717, 1.165) is 19.3 Å². The second-order valence-corrected chi connectivity index (χ2v) is 6.96. The first-order chi connectivity index (χ1) is 13.7. The highest BCUT2D eigenvalue weighted by Crippen LogP contribution is 2.13. The zero-order valence-corrected chi connectivity index (χ0v) is 16.6. The molecule has 0 aliphatic heterocycles. The highest BCUT2D eigenvalue weighted by Gasteiger charge is 2.11. The maximum absolute atomic E-state index is 12.4. The van der Waals surface area contributed by atoms with Gasteiger partial charge >= 0.3 is 5.97 Å². The van der Waals surface area contributed by atoms with E-state index in [4.69, 9.17) is 4.74 Å². The van der Waals surface area contributed by atoms with E-state index < -0.39 is 0 Å². The van der Waals surface area contributed by atoms with Crippen molar-refractivity contribution in [3.63, 3.8) is 0 Å². The Kier molecular flexibility index (Phi) is 9.78. The minimum Gasteiger partial charge on any atom is -0.462 e. The van der Waals surface area contributed by atoms with Crippen molar-refractivity contribution >= 4 is 11.8 Å². The van der Waals surface area contributed by atoms with Crippen LogP contribution in [0.15, 0.2) is 67.3 Å².